The van der Waals surface area contributed by atoms with Gasteiger partial charge in [-0.25, -0.2) is 17.5 Å². The lowest BCUT2D eigenvalue weighted by Gasteiger charge is -2.09. The minimum Gasteiger partial charge on any atom is -0.494 e. The van der Waals surface area contributed by atoms with Gasteiger partial charge in [0, 0.05) is 19.5 Å². The molecule has 0 aliphatic carbocycles. The first kappa shape index (κ1) is 22.7. The van der Waals surface area contributed by atoms with E-state index in [1.54, 1.807) is 30.3 Å². The maximum Gasteiger partial charge on any atom is 0.240 e. The van der Waals surface area contributed by atoms with Crippen LogP contribution in [0.1, 0.15) is 19.3 Å². The van der Waals surface area contributed by atoms with Crippen LogP contribution in [0.15, 0.2) is 71.6 Å². The zero-order chi connectivity index (χ0) is 22.1. The number of halogens is 1. The molecule has 1 amide bonds. The number of unbranched alkanes of at least 4 members (excludes halogenated alkanes) is 1. The molecule has 3 rings (SSSR count). The summed E-state index contributed by atoms with van der Waals surface area (Å²) in [5.74, 6) is 0.0689. The molecule has 0 bridgehead atoms. The van der Waals surface area contributed by atoms with E-state index in [2.05, 4.69) is 10.0 Å². The summed E-state index contributed by atoms with van der Waals surface area (Å²) in [4.78, 5) is 12.1. The summed E-state index contributed by atoms with van der Waals surface area (Å²) >= 11 is 0. The van der Waals surface area contributed by atoms with Crippen molar-refractivity contribution in [3.05, 3.63) is 72.5 Å². The number of nitrogens with one attached hydrogen (secondary N) is 2. The SMILES string of the molecule is O=C(CCNS(=O)(=O)c1ccc2ccccc2c1)NCCCCOc1ccc(F)cc1. The van der Waals surface area contributed by atoms with Gasteiger partial charge in [-0.1, -0.05) is 30.3 Å². The molecule has 0 heterocycles. The van der Waals surface area contributed by atoms with E-state index < -0.39 is 10.0 Å². The second-order valence-corrected chi connectivity index (χ2v) is 8.78. The number of carbonyl (C=O) groups excluding carboxylic acids is 1. The lowest BCUT2D eigenvalue weighted by Crippen LogP contribution is -2.31. The molecule has 31 heavy (non-hydrogen) atoms. The van der Waals surface area contributed by atoms with Crippen molar-refractivity contribution in [2.75, 3.05) is 19.7 Å². The molecule has 0 saturated heterocycles. The molecule has 0 aliphatic heterocycles. The summed E-state index contributed by atoms with van der Waals surface area (Å²) in [6, 6.07) is 18.3. The van der Waals surface area contributed by atoms with Gasteiger partial charge < -0.3 is 10.1 Å². The Morgan fingerprint density at radius 1 is 0.903 bits per heavy atom. The highest BCUT2D eigenvalue weighted by Gasteiger charge is 2.14. The number of rotatable bonds is 11. The number of fused-ring (bicyclic) bond motifs is 1. The topological polar surface area (TPSA) is 84.5 Å². The lowest BCUT2D eigenvalue weighted by atomic mass is 10.1. The molecule has 8 heteroatoms. The number of carbonyl (C=O) groups is 1. The Morgan fingerprint density at radius 3 is 2.42 bits per heavy atom. The van der Waals surface area contributed by atoms with Crippen LogP contribution in [0.3, 0.4) is 0 Å². The Balaban J connectivity index is 1.32. The van der Waals surface area contributed by atoms with E-state index in [1.807, 2.05) is 24.3 Å². The van der Waals surface area contributed by atoms with Gasteiger partial charge in [0.25, 0.3) is 0 Å². The highest BCUT2D eigenvalue weighted by molar-refractivity contribution is 7.89. The Morgan fingerprint density at radius 2 is 1.65 bits per heavy atom. The van der Waals surface area contributed by atoms with Crippen LogP contribution >= 0.6 is 0 Å². The number of hydrogen-bond acceptors (Lipinski definition) is 4. The van der Waals surface area contributed by atoms with Crippen LogP contribution in [-0.4, -0.2) is 34.0 Å². The van der Waals surface area contributed by atoms with Crippen molar-refractivity contribution in [1.82, 2.24) is 10.0 Å². The Labute approximate surface area is 181 Å². The molecule has 164 valence electrons. The number of amides is 1. The van der Waals surface area contributed by atoms with Crippen LogP contribution in [0.25, 0.3) is 10.8 Å². The molecule has 0 unspecified atom stereocenters. The smallest absolute Gasteiger partial charge is 0.240 e. The van der Waals surface area contributed by atoms with E-state index in [9.17, 15) is 17.6 Å². The van der Waals surface area contributed by atoms with Gasteiger partial charge in [0.1, 0.15) is 11.6 Å². The Kier molecular flexibility index (Phi) is 7.97. The Bertz CT molecular complexity index is 1120. The highest BCUT2D eigenvalue weighted by Crippen LogP contribution is 2.18. The van der Waals surface area contributed by atoms with E-state index in [1.165, 1.54) is 12.1 Å². The largest absolute Gasteiger partial charge is 0.494 e. The third kappa shape index (κ3) is 7.04. The fourth-order valence-electron chi connectivity index (χ4n) is 2.98. The van der Waals surface area contributed by atoms with Crippen molar-refractivity contribution in [3.63, 3.8) is 0 Å². The van der Waals surface area contributed by atoms with E-state index >= 15 is 0 Å². The van der Waals surface area contributed by atoms with Gasteiger partial charge in [-0.2, -0.15) is 0 Å². The maximum atomic E-state index is 12.8. The van der Waals surface area contributed by atoms with E-state index in [4.69, 9.17) is 4.74 Å². The summed E-state index contributed by atoms with van der Waals surface area (Å²) in [7, 11) is -3.68. The summed E-state index contributed by atoms with van der Waals surface area (Å²) in [5, 5.41) is 4.56. The lowest BCUT2D eigenvalue weighted by molar-refractivity contribution is -0.120. The predicted octanol–water partition coefficient (Wildman–Crippen LogP) is 3.62. The van der Waals surface area contributed by atoms with Gasteiger partial charge in [0.15, 0.2) is 0 Å². The molecule has 2 N–H and O–H groups in total. The standard InChI is InChI=1S/C23H25FN2O4S/c24-20-8-10-21(11-9-20)30-16-4-3-14-25-23(27)13-15-26-31(28,29)22-12-7-18-5-1-2-6-19(18)17-22/h1-2,5-12,17,26H,3-4,13-16H2,(H,25,27). The Hall–Kier alpha value is -2.97. The van der Waals surface area contributed by atoms with Crippen molar-refractivity contribution in [1.29, 1.82) is 0 Å². The van der Waals surface area contributed by atoms with Crippen LogP contribution in [0.2, 0.25) is 0 Å². The van der Waals surface area contributed by atoms with Crippen LogP contribution in [0.5, 0.6) is 5.75 Å². The minimum absolute atomic E-state index is 0.0225. The van der Waals surface area contributed by atoms with Crippen LogP contribution in [0, 0.1) is 5.82 Å². The monoisotopic (exact) mass is 444 g/mol. The molecule has 0 atom stereocenters. The summed E-state index contributed by atoms with van der Waals surface area (Å²) in [6.45, 7) is 0.963. The number of sulfonamides is 1. The molecule has 0 aromatic heterocycles. The quantitative estimate of drug-likeness (QED) is 0.443. The molecule has 0 radical (unpaired) electrons. The van der Waals surface area contributed by atoms with Crippen molar-refractivity contribution in [2.24, 2.45) is 0 Å². The van der Waals surface area contributed by atoms with Crippen molar-refractivity contribution >= 4 is 26.7 Å². The van der Waals surface area contributed by atoms with Crippen molar-refractivity contribution in [2.45, 2.75) is 24.2 Å². The van der Waals surface area contributed by atoms with Crippen LogP contribution in [-0.2, 0) is 14.8 Å². The van der Waals surface area contributed by atoms with Gasteiger partial charge in [0.2, 0.25) is 15.9 Å². The van der Waals surface area contributed by atoms with Crippen LogP contribution < -0.4 is 14.8 Å². The fraction of sp³-hybridized carbons (Fsp3) is 0.261. The number of benzene rings is 3. The van der Waals surface area contributed by atoms with Gasteiger partial charge in [-0.3, -0.25) is 4.79 Å². The molecular weight excluding hydrogens is 419 g/mol. The molecule has 0 saturated carbocycles. The van der Waals surface area contributed by atoms with Gasteiger partial charge >= 0.3 is 0 Å². The van der Waals surface area contributed by atoms with E-state index in [0.29, 0.717) is 18.9 Å². The zero-order valence-corrected chi connectivity index (χ0v) is 17.8. The highest BCUT2D eigenvalue weighted by atomic mass is 32.2. The van der Waals surface area contributed by atoms with Crippen molar-refractivity contribution in [3.8, 4) is 5.75 Å². The molecular formula is C23H25FN2O4S. The number of hydrogen-bond donors (Lipinski definition) is 2. The molecule has 0 aliphatic rings. The summed E-state index contributed by atoms with van der Waals surface area (Å²) < 4.78 is 45.7. The van der Waals surface area contributed by atoms with Gasteiger partial charge in [0.05, 0.1) is 11.5 Å². The molecule has 3 aromatic rings. The molecule has 0 spiro atoms. The summed E-state index contributed by atoms with van der Waals surface area (Å²) in [6.07, 6.45) is 1.50. The van der Waals surface area contributed by atoms with Gasteiger partial charge in [-0.15, -0.1) is 0 Å². The molecule has 0 fully saturated rings. The summed E-state index contributed by atoms with van der Waals surface area (Å²) in [5.41, 5.74) is 0. The second kappa shape index (κ2) is 10.9. The maximum absolute atomic E-state index is 12.8. The number of ether oxygens (including phenoxy) is 1. The minimum atomic E-state index is -3.68. The van der Waals surface area contributed by atoms with Crippen LogP contribution in [0.4, 0.5) is 4.39 Å². The predicted molar refractivity (Wildman–Crippen MR) is 118 cm³/mol. The fourth-order valence-corrected chi connectivity index (χ4v) is 4.05. The first-order valence-corrected chi connectivity index (χ1v) is 11.6. The zero-order valence-electron chi connectivity index (χ0n) is 17.0. The van der Waals surface area contributed by atoms with E-state index in [-0.39, 0.29) is 29.6 Å². The average molecular weight is 445 g/mol. The van der Waals surface area contributed by atoms with Crippen molar-refractivity contribution < 1.29 is 22.3 Å². The third-order valence-corrected chi connectivity index (χ3v) is 6.11. The first-order chi connectivity index (χ1) is 14.9. The molecule has 3 aromatic carbocycles. The van der Waals surface area contributed by atoms with Gasteiger partial charge in [-0.05, 0) is 60.0 Å². The molecule has 6 nitrogen and oxygen atoms in total. The first-order valence-electron chi connectivity index (χ1n) is 10.1. The third-order valence-electron chi connectivity index (χ3n) is 4.65. The second-order valence-electron chi connectivity index (χ2n) is 7.02. The van der Waals surface area contributed by atoms with E-state index in [0.717, 1.165) is 23.6 Å². The average Bonchev–Trinajstić information content (AvgIpc) is 2.77. The normalized spacial score (nSPS) is 11.4.